The Kier molecular flexibility index (Phi) is 5.10. The van der Waals surface area contributed by atoms with Gasteiger partial charge in [-0.1, -0.05) is 0 Å². The van der Waals surface area contributed by atoms with Crippen molar-refractivity contribution in [3.8, 4) is 0 Å². The number of hydrogen-bond acceptors (Lipinski definition) is 6. The lowest BCUT2D eigenvalue weighted by Gasteiger charge is -2.12. The van der Waals surface area contributed by atoms with Gasteiger partial charge in [0, 0.05) is 35.0 Å². The molecule has 0 aliphatic rings. The summed E-state index contributed by atoms with van der Waals surface area (Å²) in [4.78, 5) is 8.04. The fraction of sp³-hybridized carbons (Fsp3) is 0.500. The van der Waals surface area contributed by atoms with Gasteiger partial charge in [-0.25, -0.2) is 10.8 Å². The Labute approximate surface area is 105 Å². The first-order valence-corrected chi connectivity index (χ1v) is 7.01. The second kappa shape index (κ2) is 6.12. The molecule has 1 aromatic heterocycles. The molecular formula is C8H14BrN5OS. The first-order chi connectivity index (χ1) is 7.54. The van der Waals surface area contributed by atoms with E-state index >= 15 is 0 Å². The van der Waals surface area contributed by atoms with Crippen LogP contribution in [-0.2, 0) is 10.8 Å². The van der Waals surface area contributed by atoms with Crippen LogP contribution < -0.4 is 16.6 Å². The van der Waals surface area contributed by atoms with Crippen LogP contribution in [0.3, 0.4) is 0 Å². The van der Waals surface area contributed by atoms with Crippen LogP contribution in [0.5, 0.6) is 0 Å². The molecule has 1 aromatic rings. The molecule has 90 valence electrons. The zero-order valence-corrected chi connectivity index (χ0v) is 11.4. The summed E-state index contributed by atoms with van der Waals surface area (Å²) in [5.41, 5.74) is 2.36. The third kappa shape index (κ3) is 3.69. The number of nitrogen functional groups attached to an aromatic ring is 1. The smallest absolute Gasteiger partial charge is 0.239 e. The van der Waals surface area contributed by atoms with E-state index < -0.39 is 10.8 Å². The summed E-state index contributed by atoms with van der Waals surface area (Å²) in [7, 11) is -0.859. The van der Waals surface area contributed by atoms with Crippen LogP contribution in [0.25, 0.3) is 0 Å². The molecule has 16 heavy (non-hydrogen) atoms. The van der Waals surface area contributed by atoms with Crippen molar-refractivity contribution in [2.24, 2.45) is 5.84 Å². The van der Waals surface area contributed by atoms with Gasteiger partial charge in [0.1, 0.15) is 5.82 Å². The third-order valence-electron chi connectivity index (χ3n) is 2.00. The molecule has 0 aliphatic heterocycles. The fourth-order valence-corrected chi connectivity index (χ4v) is 1.57. The van der Waals surface area contributed by atoms with Crippen LogP contribution >= 0.6 is 15.9 Å². The number of aromatic nitrogens is 2. The van der Waals surface area contributed by atoms with Gasteiger partial charge in [0.15, 0.2) is 0 Å². The number of nitrogens with one attached hydrogen (secondary N) is 2. The lowest BCUT2D eigenvalue weighted by atomic mass is 10.4. The molecule has 1 rings (SSSR count). The second-order valence-electron chi connectivity index (χ2n) is 3.22. The number of nitrogens with two attached hydrogens (primary N) is 1. The first kappa shape index (κ1) is 13.3. The van der Waals surface area contributed by atoms with E-state index in [9.17, 15) is 4.21 Å². The van der Waals surface area contributed by atoms with Gasteiger partial charge in [0.25, 0.3) is 0 Å². The first-order valence-electron chi connectivity index (χ1n) is 4.60. The van der Waals surface area contributed by atoms with E-state index in [-0.39, 0.29) is 5.25 Å². The van der Waals surface area contributed by atoms with Crippen molar-refractivity contribution < 1.29 is 4.21 Å². The van der Waals surface area contributed by atoms with E-state index in [4.69, 9.17) is 5.84 Å². The van der Waals surface area contributed by atoms with Crippen molar-refractivity contribution in [3.63, 3.8) is 0 Å². The van der Waals surface area contributed by atoms with Crippen LogP contribution in [0.15, 0.2) is 10.7 Å². The maximum atomic E-state index is 11.2. The number of nitrogens with zero attached hydrogens (tertiary/aromatic N) is 2. The topological polar surface area (TPSA) is 92.9 Å². The number of hydrogen-bond donors (Lipinski definition) is 3. The molecular weight excluding hydrogens is 294 g/mol. The number of rotatable bonds is 5. The van der Waals surface area contributed by atoms with E-state index in [1.54, 1.807) is 12.5 Å². The van der Waals surface area contributed by atoms with E-state index in [1.165, 1.54) is 0 Å². The van der Waals surface area contributed by atoms with Crippen LogP contribution in [0.2, 0.25) is 0 Å². The normalized spacial score (nSPS) is 14.2. The molecule has 0 aliphatic carbocycles. The van der Waals surface area contributed by atoms with Gasteiger partial charge >= 0.3 is 0 Å². The number of halogens is 1. The molecule has 1 heterocycles. The second-order valence-corrected chi connectivity index (χ2v) is 5.88. The third-order valence-corrected chi connectivity index (χ3v) is 3.88. The predicted octanol–water partition coefficient (Wildman–Crippen LogP) is 0.704. The van der Waals surface area contributed by atoms with Crippen molar-refractivity contribution in [2.45, 2.75) is 12.2 Å². The van der Waals surface area contributed by atoms with Gasteiger partial charge in [0.2, 0.25) is 5.95 Å². The Hall–Kier alpha value is -0.730. The molecule has 2 unspecified atom stereocenters. The molecule has 0 radical (unpaired) electrons. The average molecular weight is 308 g/mol. The molecule has 0 bridgehead atoms. The molecule has 6 nitrogen and oxygen atoms in total. The highest BCUT2D eigenvalue weighted by molar-refractivity contribution is 9.10. The fourth-order valence-electron chi connectivity index (χ4n) is 0.918. The molecule has 0 fully saturated rings. The number of hydrazine groups is 1. The minimum Gasteiger partial charge on any atom is -0.368 e. The maximum Gasteiger partial charge on any atom is 0.239 e. The van der Waals surface area contributed by atoms with E-state index in [0.717, 1.165) is 4.47 Å². The van der Waals surface area contributed by atoms with Gasteiger partial charge in [-0.3, -0.25) is 9.63 Å². The van der Waals surface area contributed by atoms with Gasteiger partial charge in [0.05, 0.1) is 4.47 Å². The zero-order chi connectivity index (χ0) is 12.1. The number of anilines is 2. The Morgan fingerprint density at radius 2 is 2.38 bits per heavy atom. The van der Waals surface area contributed by atoms with Crippen LogP contribution in [-0.4, -0.2) is 32.2 Å². The molecule has 0 amide bonds. The van der Waals surface area contributed by atoms with Crippen molar-refractivity contribution in [1.82, 2.24) is 9.97 Å². The summed E-state index contributed by atoms with van der Waals surface area (Å²) in [5, 5.41) is 3.13. The molecule has 2 atom stereocenters. The summed E-state index contributed by atoms with van der Waals surface area (Å²) >= 11 is 3.31. The summed E-state index contributed by atoms with van der Waals surface area (Å²) in [5.74, 6) is 6.16. The summed E-state index contributed by atoms with van der Waals surface area (Å²) in [6, 6.07) is 0. The highest BCUT2D eigenvalue weighted by Gasteiger charge is 2.08. The monoisotopic (exact) mass is 307 g/mol. The minimum absolute atomic E-state index is 0.0520. The van der Waals surface area contributed by atoms with E-state index in [0.29, 0.717) is 18.3 Å². The average Bonchev–Trinajstić information content (AvgIpc) is 2.27. The Morgan fingerprint density at radius 1 is 1.69 bits per heavy atom. The molecule has 0 saturated carbocycles. The standard InChI is InChI=1S/C8H14BrN5OS/c1-5(16(2)15)3-11-7-6(9)4-12-8(13-7)14-10/h4-5H,3,10H2,1-2H3,(H2,11,12,13,14). The summed E-state index contributed by atoms with van der Waals surface area (Å²) < 4.78 is 11.9. The predicted molar refractivity (Wildman–Crippen MR) is 69.6 cm³/mol. The summed E-state index contributed by atoms with van der Waals surface area (Å²) in [6.45, 7) is 2.48. The van der Waals surface area contributed by atoms with Crippen LogP contribution in [0.4, 0.5) is 11.8 Å². The lowest BCUT2D eigenvalue weighted by Crippen LogP contribution is -2.21. The Bertz CT molecular complexity index is 389. The quantitative estimate of drug-likeness (QED) is 0.548. The van der Waals surface area contributed by atoms with Crippen molar-refractivity contribution in [3.05, 3.63) is 10.7 Å². The van der Waals surface area contributed by atoms with Crippen LogP contribution in [0.1, 0.15) is 6.92 Å². The zero-order valence-electron chi connectivity index (χ0n) is 9.03. The van der Waals surface area contributed by atoms with Gasteiger partial charge in [-0.15, -0.1) is 0 Å². The highest BCUT2D eigenvalue weighted by atomic mass is 79.9. The van der Waals surface area contributed by atoms with Crippen molar-refractivity contribution >= 4 is 38.5 Å². The molecule has 4 N–H and O–H groups in total. The largest absolute Gasteiger partial charge is 0.368 e. The molecule has 0 aromatic carbocycles. The van der Waals surface area contributed by atoms with Gasteiger partial charge in [-0.2, -0.15) is 4.98 Å². The molecule has 0 spiro atoms. The SMILES string of the molecule is CC(CNc1nc(NN)ncc1Br)S(C)=O. The highest BCUT2D eigenvalue weighted by Crippen LogP contribution is 2.19. The Morgan fingerprint density at radius 3 is 2.94 bits per heavy atom. The van der Waals surface area contributed by atoms with Crippen molar-refractivity contribution in [2.75, 3.05) is 23.5 Å². The van der Waals surface area contributed by atoms with E-state index in [1.807, 2.05) is 6.92 Å². The van der Waals surface area contributed by atoms with E-state index in [2.05, 4.69) is 36.6 Å². The summed E-state index contributed by atoms with van der Waals surface area (Å²) in [6.07, 6.45) is 3.27. The minimum atomic E-state index is -0.859. The van der Waals surface area contributed by atoms with Crippen LogP contribution in [0, 0.1) is 0 Å². The molecule has 0 saturated heterocycles. The molecule has 8 heteroatoms. The maximum absolute atomic E-state index is 11.2. The van der Waals surface area contributed by atoms with Crippen molar-refractivity contribution in [1.29, 1.82) is 0 Å². The van der Waals surface area contributed by atoms with Gasteiger partial charge in [-0.05, 0) is 22.9 Å². The van der Waals surface area contributed by atoms with Gasteiger partial charge < -0.3 is 5.32 Å². The Balaban J connectivity index is 2.69. The lowest BCUT2D eigenvalue weighted by molar-refractivity contribution is 0.678.